The van der Waals surface area contributed by atoms with E-state index < -0.39 is 45.0 Å². The van der Waals surface area contributed by atoms with Crippen molar-refractivity contribution in [1.82, 2.24) is 0 Å². The molecular formula is C35H42Cl6F4O8. The van der Waals surface area contributed by atoms with Crippen LogP contribution in [0.4, 0.5) is 17.6 Å². The van der Waals surface area contributed by atoms with Crippen LogP contribution in [0.5, 0.6) is 23.0 Å². The van der Waals surface area contributed by atoms with E-state index in [-0.39, 0.29) is 66.6 Å². The highest BCUT2D eigenvalue weighted by Crippen LogP contribution is 2.48. The van der Waals surface area contributed by atoms with Crippen LogP contribution in [0.15, 0.2) is 12.1 Å². The first-order chi connectivity index (χ1) is 24.6. The van der Waals surface area contributed by atoms with Crippen molar-refractivity contribution in [2.75, 3.05) is 26.4 Å². The molecule has 18 heteroatoms. The first-order valence-electron chi connectivity index (χ1n) is 16.8. The Balaban J connectivity index is 2.03. The third-order valence-electron chi connectivity index (χ3n) is 7.79. The molecule has 0 atom stereocenters. The molecule has 0 aliphatic carbocycles. The van der Waals surface area contributed by atoms with Gasteiger partial charge in [-0.1, -0.05) is 111 Å². The Morgan fingerprint density at radius 1 is 0.528 bits per heavy atom. The van der Waals surface area contributed by atoms with Crippen LogP contribution in [0.25, 0.3) is 0 Å². The van der Waals surface area contributed by atoms with Crippen molar-refractivity contribution in [3.8, 4) is 23.0 Å². The Morgan fingerprint density at radius 2 is 0.830 bits per heavy atom. The number of aryl methyl sites for hydroxylation is 4. The number of benzene rings is 2. The Labute approximate surface area is 336 Å². The second-order valence-corrected chi connectivity index (χ2v) is 16.0. The van der Waals surface area contributed by atoms with Crippen LogP contribution in [0.1, 0.15) is 81.3 Å². The smallest absolute Gasteiger partial charge is 0.446 e. The van der Waals surface area contributed by atoms with E-state index in [1.54, 1.807) is 39.8 Å². The molecule has 0 aliphatic rings. The fraction of sp³-hybridized carbons (Fsp3) is 0.600. The number of carbonyl (C=O) groups is 2. The number of esters is 2. The molecule has 0 fully saturated rings. The average molecular weight is 879 g/mol. The van der Waals surface area contributed by atoms with Gasteiger partial charge in [-0.15, -0.1) is 0 Å². The van der Waals surface area contributed by atoms with Crippen molar-refractivity contribution in [1.29, 1.82) is 0 Å². The minimum atomic E-state index is -4.17. The zero-order valence-corrected chi connectivity index (χ0v) is 34.5. The molecule has 2 rings (SSSR count). The second kappa shape index (κ2) is 20.3. The largest absolute Gasteiger partial charge is 0.481 e. The van der Waals surface area contributed by atoms with E-state index in [1.807, 2.05) is 13.8 Å². The molecule has 0 amide bonds. The van der Waals surface area contributed by atoms with Crippen LogP contribution >= 0.6 is 69.6 Å². The van der Waals surface area contributed by atoms with Crippen molar-refractivity contribution < 1.29 is 55.6 Å². The fourth-order valence-corrected chi connectivity index (χ4v) is 5.35. The van der Waals surface area contributed by atoms with Crippen molar-refractivity contribution in [2.45, 2.75) is 106 Å². The van der Waals surface area contributed by atoms with Gasteiger partial charge in [-0.05, 0) is 72.9 Å². The Kier molecular flexibility index (Phi) is 18.1. The van der Waals surface area contributed by atoms with Gasteiger partial charge in [0, 0.05) is 17.5 Å². The van der Waals surface area contributed by atoms with Crippen LogP contribution in [0.3, 0.4) is 0 Å². The third kappa shape index (κ3) is 12.5. The number of carbonyl (C=O) groups excluding carboxylic acids is 2. The molecule has 0 radical (unpaired) electrons. The first kappa shape index (κ1) is 47.2. The van der Waals surface area contributed by atoms with Gasteiger partial charge in [-0.25, -0.2) is 9.59 Å². The van der Waals surface area contributed by atoms with Crippen molar-refractivity contribution in [3.05, 3.63) is 45.5 Å². The summed E-state index contributed by atoms with van der Waals surface area (Å²) in [6.07, 6.45) is -6.29. The molecule has 0 aromatic heterocycles. The first-order valence-corrected chi connectivity index (χ1v) is 19.1. The van der Waals surface area contributed by atoms with Crippen LogP contribution in [-0.2, 0) is 57.6 Å². The van der Waals surface area contributed by atoms with Gasteiger partial charge in [0.25, 0.3) is 7.59 Å². The van der Waals surface area contributed by atoms with E-state index in [0.717, 1.165) is 0 Å². The number of halogens is 10. The van der Waals surface area contributed by atoms with E-state index in [2.05, 4.69) is 0 Å². The molecule has 0 aliphatic heterocycles. The number of hydrogen-bond acceptors (Lipinski definition) is 8. The molecule has 0 spiro atoms. The molecule has 300 valence electrons. The molecule has 0 saturated carbocycles. The predicted molar refractivity (Wildman–Crippen MR) is 198 cm³/mol. The highest BCUT2D eigenvalue weighted by molar-refractivity contribution is 6.68. The summed E-state index contributed by atoms with van der Waals surface area (Å²) in [4.78, 5) is 25.0. The maximum Gasteiger partial charge on any atom is 0.446 e. The lowest BCUT2D eigenvalue weighted by Gasteiger charge is -2.28. The summed E-state index contributed by atoms with van der Waals surface area (Å²) in [5.74, 6) is -1.61. The number of rotatable bonds is 20. The molecule has 0 N–H and O–H groups in total. The lowest BCUT2D eigenvalue weighted by Crippen LogP contribution is -2.40. The summed E-state index contributed by atoms with van der Waals surface area (Å²) in [6.45, 7) is 9.14. The maximum absolute atomic E-state index is 14.6. The molecular weight excluding hydrogens is 837 g/mol. The number of ether oxygens (including phenoxy) is 6. The van der Waals surface area contributed by atoms with Gasteiger partial charge in [0.15, 0.2) is 13.2 Å². The lowest BCUT2D eigenvalue weighted by molar-refractivity contribution is -0.173. The highest BCUT2D eigenvalue weighted by atomic mass is 35.6. The van der Waals surface area contributed by atoms with Gasteiger partial charge >= 0.3 is 24.2 Å². The van der Waals surface area contributed by atoms with Gasteiger partial charge in [-0.3, -0.25) is 0 Å². The summed E-state index contributed by atoms with van der Waals surface area (Å²) in [5.41, 5.74) is 2.70. The van der Waals surface area contributed by atoms with Gasteiger partial charge in [0.2, 0.25) is 0 Å². The van der Waals surface area contributed by atoms with Crippen molar-refractivity contribution in [2.24, 2.45) is 0 Å². The Bertz CT molecular complexity index is 1450. The topological polar surface area (TPSA) is 89.5 Å². The van der Waals surface area contributed by atoms with Gasteiger partial charge in [0.1, 0.15) is 23.0 Å². The molecule has 2 aromatic carbocycles. The lowest BCUT2D eigenvalue weighted by atomic mass is 9.97. The van der Waals surface area contributed by atoms with E-state index >= 15 is 0 Å². The van der Waals surface area contributed by atoms with Gasteiger partial charge in [-0.2, -0.15) is 17.6 Å². The third-order valence-corrected chi connectivity index (χ3v) is 9.11. The molecule has 2 aromatic rings. The molecule has 0 unspecified atom stereocenters. The van der Waals surface area contributed by atoms with E-state index in [9.17, 15) is 27.2 Å². The van der Waals surface area contributed by atoms with Gasteiger partial charge < -0.3 is 28.4 Å². The van der Waals surface area contributed by atoms with Gasteiger partial charge in [0.05, 0.1) is 13.2 Å². The molecule has 53 heavy (non-hydrogen) atoms. The van der Waals surface area contributed by atoms with E-state index in [1.165, 1.54) is 0 Å². The van der Waals surface area contributed by atoms with Crippen molar-refractivity contribution >= 4 is 81.5 Å². The standard InChI is InChI=1S/C35H42Cl6F4O8/c1-7-20-16-22(9-3)30(52-34(42,43)32(36,37)38)24(11-5)28(20)50-18-26(46)48-14-13-15-49-27(47)19-51-29-21(8-2)17-23(10-4)31(25(29)12-6)53-35(44,45)33(39,40)41/h16-17H,7-15,18-19H2,1-6H3. The molecule has 0 bridgehead atoms. The van der Waals surface area contributed by atoms with E-state index in [4.69, 9.17) is 98.0 Å². The quantitative estimate of drug-likeness (QED) is 0.0562. The second-order valence-electron chi connectivity index (χ2n) is 11.4. The fourth-order valence-electron chi connectivity index (χ4n) is 5.12. The zero-order valence-electron chi connectivity index (χ0n) is 30.0. The monoisotopic (exact) mass is 876 g/mol. The molecule has 8 nitrogen and oxygen atoms in total. The zero-order chi connectivity index (χ0) is 40.4. The summed E-state index contributed by atoms with van der Waals surface area (Å²) in [5, 5.41) is 0. The summed E-state index contributed by atoms with van der Waals surface area (Å²) >= 11 is 32.7. The number of alkyl halides is 10. The van der Waals surface area contributed by atoms with Crippen LogP contribution < -0.4 is 18.9 Å². The Morgan fingerprint density at radius 3 is 1.09 bits per heavy atom. The summed E-state index contributed by atoms with van der Waals surface area (Å²) in [7, 11) is 0. The minimum Gasteiger partial charge on any atom is -0.481 e. The van der Waals surface area contributed by atoms with Crippen LogP contribution in [0.2, 0.25) is 0 Å². The Hall–Kier alpha value is -1.96. The minimum absolute atomic E-state index is 0.114. The summed E-state index contributed by atoms with van der Waals surface area (Å²) < 4.78 is 84.2. The predicted octanol–water partition coefficient (Wildman–Crippen LogP) is 10.7. The van der Waals surface area contributed by atoms with Crippen molar-refractivity contribution in [3.63, 3.8) is 0 Å². The highest BCUT2D eigenvalue weighted by Gasteiger charge is 2.55. The molecule has 0 saturated heterocycles. The SMILES string of the molecule is CCc1cc(CC)c(OC(F)(F)C(Cl)(Cl)Cl)c(CC)c1OCC(=O)OCCCOC(=O)COc1c(CC)cc(CC)c(OC(F)(F)C(Cl)(Cl)Cl)c1CC. The average Bonchev–Trinajstić information content (AvgIpc) is 3.08. The summed E-state index contributed by atoms with van der Waals surface area (Å²) in [6, 6.07) is 3.26. The molecule has 0 heterocycles. The number of hydrogen-bond donors (Lipinski definition) is 0. The maximum atomic E-state index is 14.6. The van der Waals surface area contributed by atoms with Crippen LogP contribution in [0, 0.1) is 0 Å². The van der Waals surface area contributed by atoms with Crippen LogP contribution in [-0.4, -0.2) is 58.2 Å². The van der Waals surface area contributed by atoms with E-state index in [0.29, 0.717) is 47.9 Å². The normalized spacial score (nSPS) is 12.4.